The first-order valence-corrected chi connectivity index (χ1v) is 7.25. The van der Waals surface area contributed by atoms with Crippen molar-refractivity contribution in [3.8, 4) is 0 Å². The molecule has 2 aliphatic rings. The predicted octanol–water partition coefficient (Wildman–Crippen LogP) is 1.48. The van der Waals surface area contributed by atoms with Gasteiger partial charge in [-0.25, -0.2) is 9.18 Å². The highest BCUT2D eigenvalue weighted by atomic mass is 19.1. The van der Waals surface area contributed by atoms with Crippen molar-refractivity contribution in [2.45, 2.75) is 43.6 Å². The number of fused-ring (bicyclic) bond motifs is 2. The maximum atomic E-state index is 12.8. The van der Waals surface area contributed by atoms with E-state index < -0.39 is 6.10 Å². The molecule has 3 N–H and O–H groups in total. The highest BCUT2D eigenvalue weighted by Crippen LogP contribution is 2.34. The normalized spacial score (nSPS) is 28.4. The second kappa shape index (κ2) is 5.99. The molecule has 0 radical (unpaired) electrons. The van der Waals surface area contributed by atoms with Crippen molar-refractivity contribution in [2.24, 2.45) is 0 Å². The van der Waals surface area contributed by atoms with E-state index in [2.05, 4.69) is 10.6 Å². The molecule has 1 aromatic carbocycles. The highest BCUT2D eigenvalue weighted by Gasteiger charge is 2.41. The van der Waals surface area contributed by atoms with E-state index in [1.807, 2.05) is 0 Å². The Hall–Kier alpha value is -1.66. The van der Waals surface area contributed by atoms with Crippen LogP contribution >= 0.6 is 0 Å². The van der Waals surface area contributed by atoms with E-state index in [0.29, 0.717) is 5.56 Å². The molecule has 0 saturated carbocycles. The number of amides is 2. The van der Waals surface area contributed by atoms with Crippen molar-refractivity contribution in [1.82, 2.24) is 10.6 Å². The number of aliphatic hydroxyl groups excluding tert-OH is 1. The highest BCUT2D eigenvalue weighted by molar-refractivity contribution is 5.74. The summed E-state index contributed by atoms with van der Waals surface area (Å²) in [5.74, 6) is -0.354. The molecule has 2 amide bonds. The predicted molar refractivity (Wildman–Crippen MR) is 74.2 cm³/mol. The fourth-order valence-corrected chi connectivity index (χ4v) is 3.00. The zero-order valence-electron chi connectivity index (χ0n) is 11.6. The van der Waals surface area contributed by atoms with E-state index in [4.69, 9.17) is 4.74 Å². The Balaban J connectivity index is 1.44. The third kappa shape index (κ3) is 3.33. The Labute approximate surface area is 122 Å². The Morgan fingerprint density at radius 3 is 2.76 bits per heavy atom. The third-order valence-corrected chi connectivity index (χ3v) is 4.13. The van der Waals surface area contributed by atoms with Crippen molar-refractivity contribution in [3.05, 3.63) is 35.6 Å². The number of rotatable bonds is 4. The number of hydrogen-bond acceptors (Lipinski definition) is 3. The number of aliphatic hydroxyl groups is 1. The maximum Gasteiger partial charge on any atom is 0.315 e. The fourth-order valence-electron chi connectivity index (χ4n) is 3.00. The average molecular weight is 294 g/mol. The minimum atomic E-state index is -0.854. The first-order valence-electron chi connectivity index (χ1n) is 7.25. The molecule has 6 heteroatoms. The van der Waals surface area contributed by atoms with Gasteiger partial charge in [0, 0.05) is 6.54 Å². The van der Waals surface area contributed by atoms with Gasteiger partial charge in [0.2, 0.25) is 0 Å². The number of nitrogens with one attached hydrogen (secondary N) is 2. The largest absolute Gasteiger partial charge is 0.387 e. The second-order valence-corrected chi connectivity index (χ2v) is 5.64. The van der Waals surface area contributed by atoms with Gasteiger partial charge in [0.1, 0.15) is 5.82 Å². The number of halogens is 1. The molecule has 2 fully saturated rings. The standard InChI is InChI=1S/C15H19FN2O3/c16-10-3-1-9(2-4-10)13(19)8-17-15(20)18-12-7-11-5-6-14(12)21-11/h1-4,11-14,19H,5-8H2,(H2,17,18,20). The molecule has 21 heavy (non-hydrogen) atoms. The number of urea groups is 1. The summed E-state index contributed by atoms with van der Waals surface area (Å²) in [7, 11) is 0. The van der Waals surface area contributed by atoms with Gasteiger partial charge in [-0.2, -0.15) is 0 Å². The van der Waals surface area contributed by atoms with Crippen molar-refractivity contribution in [3.63, 3.8) is 0 Å². The van der Waals surface area contributed by atoms with E-state index in [9.17, 15) is 14.3 Å². The van der Waals surface area contributed by atoms with Crippen molar-refractivity contribution >= 4 is 6.03 Å². The van der Waals surface area contributed by atoms with E-state index in [-0.39, 0.29) is 36.6 Å². The molecule has 114 valence electrons. The molecular weight excluding hydrogens is 275 g/mol. The van der Waals surface area contributed by atoms with Crippen LogP contribution in [0.5, 0.6) is 0 Å². The molecule has 0 spiro atoms. The smallest absolute Gasteiger partial charge is 0.315 e. The lowest BCUT2D eigenvalue weighted by molar-refractivity contribution is 0.0979. The number of hydrogen-bond donors (Lipinski definition) is 3. The summed E-state index contributed by atoms with van der Waals surface area (Å²) in [6, 6.07) is 5.33. The number of carbonyl (C=O) groups excluding carboxylic acids is 1. The third-order valence-electron chi connectivity index (χ3n) is 4.13. The molecule has 0 aliphatic carbocycles. The Morgan fingerprint density at radius 1 is 1.38 bits per heavy atom. The van der Waals surface area contributed by atoms with Crippen LogP contribution in [-0.4, -0.2) is 35.9 Å². The van der Waals surface area contributed by atoms with Gasteiger partial charge in [0.05, 0.1) is 24.4 Å². The number of benzene rings is 1. The van der Waals surface area contributed by atoms with Gasteiger partial charge in [0.15, 0.2) is 0 Å². The molecule has 2 aliphatic heterocycles. The maximum absolute atomic E-state index is 12.8. The molecule has 3 rings (SSSR count). The quantitative estimate of drug-likeness (QED) is 0.787. The SMILES string of the molecule is O=C(NCC(O)c1ccc(F)cc1)NC1CC2CCC1O2. The van der Waals surface area contributed by atoms with Crippen LogP contribution in [0, 0.1) is 5.82 Å². The van der Waals surface area contributed by atoms with Crippen LogP contribution in [0.15, 0.2) is 24.3 Å². The van der Waals surface area contributed by atoms with Crippen LogP contribution in [0.2, 0.25) is 0 Å². The number of ether oxygens (including phenoxy) is 1. The van der Waals surface area contributed by atoms with E-state index in [1.54, 1.807) is 0 Å². The molecule has 1 aromatic rings. The van der Waals surface area contributed by atoms with Crippen molar-refractivity contribution in [1.29, 1.82) is 0 Å². The first-order chi connectivity index (χ1) is 10.1. The van der Waals surface area contributed by atoms with Crippen LogP contribution in [0.4, 0.5) is 9.18 Å². The Bertz CT molecular complexity index is 508. The van der Waals surface area contributed by atoms with E-state index in [1.165, 1.54) is 24.3 Å². The van der Waals surface area contributed by atoms with Crippen molar-refractivity contribution < 1.29 is 19.0 Å². The van der Waals surface area contributed by atoms with Crippen LogP contribution in [-0.2, 0) is 4.74 Å². The van der Waals surface area contributed by atoms with Gasteiger partial charge >= 0.3 is 6.03 Å². The van der Waals surface area contributed by atoms with Gasteiger partial charge in [-0.15, -0.1) is 0 Å². The molecule has 0 aromatic heterocycles. The van der Waals surface area contributed by atoms with Gasteiger partial charge in [-0.1, -0.05) is 12.1 Å². The monoisotopic (exact) mass is 294 g/mol. The minimum absolute atomic E-state index is 0.0618. The second-order valence-electron chi connectivity index (χ2n) is 5.64. The molecule has 4 atom stereocenters. The summed E-state index contributed by atoms with van der Waals surface area (Å²) in [5, 5.41) is 15.4. The Kier molecular flexibility index (Phi) is 4.07. The summed E-state index contributed by atoms with van der Waals surface area (Å²) >= 11 is 0. The van der Waals surface area contributed by atoms with Crippen LogP contribution < -0.4 is 10.6 Å². The molecule has 2 saturated heterocycles. The zero-order chi connectivity index (χ0) is 14.8. The van der Waals surface area contributed by atoms with Crippen LogP contribution in [0.1, 0.15) is 30.9 Å². The molecule has 2 heterocycles. The van der Waals surface area contributed by atoms with Gasteiger partial charge in [-0.3, -0.25) is 0 Å². The fraction of sp³-hybridized carbons (Fsp3) is 0.533. The van der Waals surface area contributed by atoms with Crippen molar-refractivity contribution in [2.75, 3.05) is 6.54 Å². The van der Waals surface area contributed by atoms with Gasteiger partial charge < -0.3 is 20.5 Å². The van der Waals surface area contributed by atoms with Gasteiger partial charge in [0.25, 0.3) is 0 Å². The lowest BCUT2D eigenvalue weighted by atomic mass is 9.96. The van der Waals surface area contributed by atoms with E-state index >= 15 is 0 Å². The van der Waals surface area contributed by atoms with Crippen LogP contribution in [0.25, 0.3) is 0 Å². The molecule has 5 nitrogen and oxygen atoms in total. The lowest BCUT2D eigenvalue weighted by Crippen LogP contribution is -2.47. The minimum Gasteiger partial charge on any atom is -0.387 e. The summed E-state index contributed by atoms with van der Waals surface area (Å²) in [6.07, 6.45) is 2.49. The van der Waals surface area contributed by atoms with E-state index in [0.717, 1.165) is 19.3 Å². The summed E-state index contributed by atoms with van der Waals surface area (Å²) in [5.41, 5.74) is 0.569. The van der Waals surface area contributed by atoms with Crippen LogP contribution in [0.3, 0.4) is 0 Å². The zero-order valence-corrected chi connectivity index (χ0v) is 11.6. The molecular formula is C15H19FN2O3. The Morgan fingerprint density at radius 2 is 2.14 bits per heavy atom. The summed E-state index contributed by atoms with van der Waals surface area (Å²) < 4.78 is 18.5. The number of carbonyl (C=O) groups is 1. The average Bonchev–Trinajstić information content (AvgIpc) is 3.08. The van der Waals surface area contributed by atoms with Gasteiger partial charge in [-0.05, 0) is 37.0 Å². The summed E-state index contributed by atoms with van der Waals surface area (Å²) in [4.78, 5) is 11.8. The topological polar surface area (TPSA) is 70.6 Å². The molecule has 2 bridgehead atoms. The molecule has 4 unspecified atom stereocenters. The lowest BCUT2D eigenvalue weighted by Gasteiger charge is -2.21. The first kappa shape index (κ1) is 14.3. The summed E-state index contributed by atoms with van der Waals surface area (Å²) in [6.45, 7) is 0.0825.